The van der Waals surface area contributed by atoms with Gasteiger partial charge in [0.25, 0.3) is 0 Å². The number of carbonyl (C=O) groups excluding carboxylic acids is 4. The van der Waals surface area contributed by atoms with Crippen LogP contribution in [0, 0.1) is 10.8 Å². The third-order valence-electron chi connectivity index (χ3n) is 5.84. The van der Waals surface area contributed by atoms with Crippen LogP contribution in [0.25, 0.3) is 0 Å². The van der Waals surface area contributed by atoms with Crippen molar-refractivity contribution in [2.24, 2.45) is 10.8 Å². The number of nitrogens with zero attached hydrogens (tertiary/aromatic N) is 2. The fourth-order valence-electron chi connectivity index (χ4n) is 4.06. The van der Waals surface area contributed by atoms with Gasteiger partial charge >= 0.3 is 0 Å². The summed E-state index contributed by atoms with van der Waals surface area (Å²) >= 11 is 0. The monoisotopic (exact) mass is 392 g/mol. The normalized spacial score (nSPS) is 23.2. The van der Waals surface area contributed by atoms with E-state index in [1.807, 2.05) is 41.5 Å². The highest BCUT2D eigenvalue weighted by Crippen LogP contribution is 2.30. The van der Waals surface area contributed by atoms with Gasteiger partial charge in [-0.05, 0) is 25.7 Å². The highest BCUT2D eigenvalue weighted by Gasteiger charge is 2.44. The Kier molecular flexibility index (Phi) is 6.72. The molecule has 2 amide bonds. The number of ketones is 2. The average Bonchev–Trinajstić information content (AvgIpc) is 3.25. The molecular weight excluding hydrogens is 356 g/mol. The van der Waals surface area contributed by atoms with Crippen molar-refractivity contribution >= 4 is 23.4 Å². The van der Waals surface area contributed by atoms with Crippen molar-refractivity contribution in [2.75, 3.05) is 13.1 Å². The second-order valence-electron chi connectivity index (χ2n) is 10.2. The van der Waals surface area contributed by atoms with Gasteiger partial charge in [0.15, 0.2) is 5.78 Å². The molecule has 2 aliphatic heterocycles. The lowest BCUT2D eigenvalue weighted by Crippen LogP contribution is -2.52. The summed E-state index contributed by atoms with van der Waals surface area (Å²) in [5.74, 6) is -0.0947. The summed E-state index contributed by atoms with van der Waals surface area (Å²) in [5.41, 5.74) is -0.956. The summed E-state index contributed by atoms with van der Waals surface area (Å²) in [6, 6.07) is -0.877. The number of Topliss-reactive ketones (excluding diaryl/α,β-unsaturated/α-hetero) is 2. The molecule has 0 radical (unpaired) electrons. The Hall–Kier alpha value is -1.72. The molecule has 0 unspecified atom stereocenters. The quantitative estimate of drug-likeness (QED) is 0.721. The molecule has 28 heavy (non-hydrogen) atoms. The van der Waals surface area contributed by atoms with Gasteiger partial charge in [-0.1, -0.05) is 41.5 Å². The van der Waals surface area contributed by atoms with Gasteiger partial charge in [0.2, 0.25) is 11.8 Å². The first-order chi connectivity index (χ1) is 12.8. The molecule has 2 aliphatic rings. The summed E-state index contributed by atoms with van der Waals surface area (Å²) in [4.78, 5) is 54.2. The molecule has 0 saturated carbocycles. The molecule has 158 valence electrons. The van der Waals surface area contributed by atoms with Gasteiger partial charge in [-0.3, -0.25) is 19.2 Å². The molecule has 2 fully saturated rings. The van der Waals surface area contributed by atoms with Gasteiger partial charge in [0.1, 0.15) is 11.8 Å². The molecule has 2 rings (SSSR count). The van der Waals surface area contributed by atoms with Crippen LogP contribution in [0.15, 0.2) is 0 Å². The van der Waals surface area contributed by atoms with Gasteiger partial charge in [0, 0.05) is 36.8 Å². The van der Waals surface area contributed by atoms with Crippen LogP contribution in [0.5, 0.6) is 0 Å². The second kappa shape index (κ2) is 8.34. The molecular formula is C22H36N2O4. The van der Waals surface area contributed by atoms with Crippen LogP contribution in [-0.4, -0.2) is 58.4 Å². The second-order valence-corrected chi connectivity index (χ2v) is 10.2. The van der Waals surface area contributed by atoms with Crippen molar-refractivity contribution in [3.63, 3.8) is 0 Å². The molecule has 0 aromatic heterocycles. The number of hydrogen-bond acceptors (Lipinski definition) is 4. The Morgan fingerprint density at radius 3 is 1.82 bits per heavy atom. The Morgan fingerprint density at radius 1 is 0.750 bits per heavy atom. The third-order valence-corrected chi connectivity index (χ3v) is 5.84. The lowest BCUT2D eigenvalue weighted by atomic mass is 9.85. The van der Waals surface area contributed by atoms with Crippen LogP contribution in [-0.2, 0) is 19.2 Å². The van der Waals surface area contributed by atoms with Crippen molar-refractivity contribution in [3.8, 4) is 0 Å². The molecule has 2 saturated heterocycles. The van der Waals surface area contributed by atoms with E-state index in [2.05, 4.69) is 0 Å². The van der Waals surface area contributed by atoms with Crippen LogP contribution < -0.4 is 0 Å². The molecule has 0 bridgehead atoms. The molecule has 2 heterocycles. The number of rotatable bonds is 5. The minimum atomic E-state index is -0.495. The maximum absolute atomic E-state index is 13.2. The molecule has 0 aromatic rings. The fraction of sp³-hybridized carbons (Fsp3) is 0.818. The summed E-state index contributed by atoms with van der Waals surface area (Å²) in [6.45, 7) is 12.3. The molecule has 0 aromatic carbocycles. The smallest absolute Gasteiger partial charge is 0.245 e. The van der Waals surface area contributed by atoms with E-state index in [-0.39, 0.29) is 42.3 Å². The Morgan fingerprint density at radius 2 is 1.29 bits per heavy atom. The van der Waals surface area contributed by atoms with E-state index < -0.39 is 16.9 Å². The Labute approximate surface area is 169 Å². The standard InChI is InChI=1S/C22H36N2O4/c1-21(2,3)17(25)11-12-18(26)23-13-8-10-16(23)20(28)24-14-7-9-15(24)19(27)22(4,5)6/h15-16H,7-14H2,1-6H3/t15-,16-/m0/s1. The number of amides is 2. The van der Waals surface area contributed by atoms with Gasteiger partial charge in [0.05, 0.1) is 6.04 Å². The highest BCUT2D eigenvalue weighted by molar-refractivity contribution is 5.96. The first kappa shape index (κ1) is 22.6. The van der Waals surface area contributed by atoms with Crippen LogP contribution in [0.3, 0.4) is 0 Å². The van der Waals surface area contributed by atoms with Crippen LogP contribution in [0.1, 0.15) is 80.1 Å². The van der Waals surface area contributed by atoms with Crippen molar-refractivity contribution in [1.82, 2.24) is 9.80 Å². The van der Waals surface area contributed by atoms with Crippen molar-refractivity contribution in [2.45, 2.75) is 92.2 Å². The summed E-state index contributed by atoms with van der Waals surface area (Å²) in [5, 5.41) is 0. The average molecular weight is 393 g/mol. The maximum Gasteiger partial charge on any atom is 0.245 e. The topological polar surface area (TPSA) is 74.8 Å². The highest BCUT2D eigenvalue weighted by atomic mass is 16.2. The lowest BCUT2D eigenvalue weighted by molar-refractivity contribution is -0.148. The largest absolute Gasteiger partial charge is 0.331 e. The van der Waals surface area contributed by atoms with E-state index >= 15 is 0 Å². The Balaban J connectivity index is 2.05. The zero-order chi connectivity index (χ0) is 21.3. The predicted molar refractivity (Wildman–Crippen MR) is 108 cm³/mol. The lowest BCUT2D eigenvalue weighted by Gasteiger charge is -2.33. The Bertz CT molecular complexity index is 642. The number of likely N-dealkylation sites (tertiary alicyclic amines) is 2. The first-order valence-electron chi connectivity index (χ1n) is 10.5. The maximum atomic E-state index is 13.2. The van der Waals surface area contributed by atoms with Crippen LogP contribution >= 0.6 is 0 Å². The van der Waals surface area contributed by atoms with Crippen molar-refractivity contribution in [3.05, 3.63) is 0 Å². The van der Waals surface area contributed by atoms with Gasteiger partial charge in [-0.2, -0.15) is 0 Å². The van der Waals surface area contributed by atoms with E-state index in [4.69, 9.17) is 0 Å². The minimum Gasteiger partial charge on any atom is -0.331 e. The summed E-state index contributed by atoms with van der Waals surface area (Å²) < 4.78 is 0. The summed E-state index contributed by atoms with van der Waals surface area (Å²) in [6.07, 6.45) is 3.27. The molecule has 2 atom stereocenters. The summed E-state index contributed by atoms with van der Waals surface area (Å²) in [7, 11) is 0. The fourth-order valence-corrected chi connectivity index (χ4v) is 4.06. The SMILES string of the molecule is CC(C)(C)C(=O)CCC(=O)N1CCC[C@H]1C(=O)N1CCC[C@H]1C(=O)C(C)(C)C. The minimum absolute atomic E-state index is 0.0540. The van der Waals surface area contributed by atoms with Gasteiger partial charge < -0.3 is 9.80 Å². The molecule has 6 nitrogen and oxygen atoms in total. The van der Waals surface area contributed by atoms with E-state index in [0.717, 1.165) is 12.8 Å². The van der Waals surface area contributed by atoms with Crippen molar-refractivity contribution < 1.29 is 19.2 Å². The van der Waals surface area contributed by atoms with E-state index in [0.29, 0.717) is 25.9 Å². The molecule has 0 spiro atoms. The van der Waals surface area contributed by atoms with Gasteiger partial charge in [-0.15, -0.1) is 0 Å². The van der Waals surface area contributed by atoms with Crippen LogP contribution in [0.4, 0.5) is 0 Å². The first-order valence-corrected chi connectivity index (χ1v) is 10.5. The number of carbonyl (C=O) groups is 4. The zero-order valence-corrected chi connectivity index (χ0v) is 18.3. The number of hydrogen-bond donors (Lipinski definition) is 0. The third kappa shape index (κ3) is 5.00. The van der Waals surface area contributed by atoms with E-state index in [1.165, 1.54) is 0 Å². The van der Waals surface area contributed by atoms with Crippen LogP contribution in [0.2, 0.25) is 0 Å². The molecule has 6 heteroatoms. The predicted octanol–water partition coefficient (Wildman–Crippen LogP) is 2.98. The van der Waals surface area contributed by atoms with E-state index in [9.17, 15) is 19.2 Å². The van der Waals surface area contributed by atoms with Gasteiger partial charge in [-0.25, -0.2) is 0 Å². The van der Waals surface area contributed by atoms with E-state index in [1.54, 1.807) is 9.80 Å². The zero-order valence-electron chi connectivity index (χ0n) is 18.3. The van der Waals surface area contributed by atoms with Crippen molar-refractivity contribution in [1.29, 1.82) is 0 Å². The molecule has 0 aliphatic carbocycles. The molecule has 0 N–H and O–H groups in total.